The van der Waals surface area contributed by atoms with Gasteiger partial charge in [-0.1, -0.05) is 0 Å². The normalized spacial score (nSPS) is 20.1. The minimum absolute atomic E-state index is 0.441. The quantitative estimate of drug-likeness (QED) is 0.805. The molecule has 2 heterocycles. The van der Waals surface area contributed by atoms with Crippen molar-refractivity contribution < 1.29 is 0 Å². The van der Waals surface area contributed by atoms with Crippen LogP contribution in [0.1, 0.15) is 18.4 Å². The molecule has 16 heavy (non-hydrogen) atoms. The molecule has 0 aromatic carbocycles. The number of hydrogen-bond acceptors (Lipinski definition) is 4. The Hall–Kier alpha value is -1.60. The smallest absolute Gasteiger partial charge is 0.146 e. The summed E-state index contributed by atoms with van der Waals surface area (Å²) < 4.78 is 0. The summed E-state index contributed by atoms with van der Waals surface area (Å²) in [5.41, 5.74) is 0.649. The molecular formula is C12H16N4. The van der Waals surface area contributed by atoms with E-state index in [1.165, 1.54) is 6.42 Å². The second kappa shape index (κ2) is 4.95. The Bertz CT molecular complexity index is 390. The van der Waals surface area contributed by atoms with Gasteiger partial charge in [0.15, 0.2) is 0 Å². The van der Waals surface area contributed by atoms with Crippen LogP contribution in [0.25, 0.3) is 0 Å². The number of nitriles is 1. The second-order valence-corrected chi connectivity index (χ2v) is 4.10. The number of hydrogen-bond donors (Lipinski definition) is 1. The molecule has 0 radical (unpaired) electrons. The number of piperidine rings is 1. The van der Waals surface area contributed by atoms with Gasteiger partial charge in [-0.2, -0.15) is 5.26 Å². The molecule has 1 fully saturated rings. The van der Waals surface area contributed by atoms with Crippen molar-refractivity contribution in [1.29, 1.82) is 5.26 Å². The first-order valence-corrected chi connectivity index (χ1v) is 5.61. The number of aromatic nitrogens is 1. The molecule has 0 spiro atoms. The fraction of sp³-hybridized carbons (Fsp3) is 0.500. The van der Waals surface area contributed by atoms with Crippen molar-refractivity contribution in [3.8, 4) is 6.07 Å². The van der Waals surface area contributed by atoms with Crippen LogP contribution >= 0.6 is 0 Å². The van der Waals surface area contributed by atoms with Crippen LogP contribution in [0, 0.1) is 11.3 Å². The molecule has 2 rings (SSSR count). The fourth-order valence-electron chi connectivity index (χ4n) is 2.10. The van der Waals surface area contributed by atoms with Gasteiger partial charge in [0.2, 0.25) is 0 Å². The van der Waals surface area contributed by atoms with Crippen molar-refractivity contribution in [1.82, 2.24) is 10.3 Å². The molecule has 0 saturated carbocycles. The predicted octanol–water partition coefficient (Wildman–Crippen LogP) is 1.14. The average Bonchev–Trinajstić information content (AvgIpc) is 2.39. The molecule has 0 bridgehead atoms. The third-order valence-electron chi connectivity index (χ3n) is 3.06. The van der Waals surface area contributed by atoms with Crippen molar-refractivity contribution in [3.05, 3.63) is 23.9 Å². The Morgan fingerprint density at radius 2 is 2.50 bits per heavy atom. The Balaban J connectivity index is 2.19. The largest absolute Gasteiger partial charge is 0.354 e. The van der Waals surface area contributed by atoms with E-state index in [4.69, 9.17) is 5.26 Å². The molecule has 1 aliphatic heterocycles. The zero-order valence-corrected chi connectivity index (χ0v) is 9.48. The van der Waals surface area contributed by atoms with Crippen LogP contribution in [0.4, 0.5) is 5.82 Å². The third kappa shape index (κ3) is 2.15. The molecule has 0 aliphatic carbocycles. The van der Waals surface area contributed by atoms with Gasteiger partial charge in [-0.25, -0.2) is 4.98 Å². The topological polar surface area (TPSA) is 52.0 Å². The SMILES string of the molecule is CN(c1ncccc1C#N)[C@H]1CCCNC1. The van der Waals surface area contributed by atoms with E-state index in [0.29, 0.717) is 11.6 Å². The molecule has 4 heteroatoms. The maximum absolute atomic E-state index is 9.03. The summed E-state index contributed by atoms with van der Waals surface area (Å²) in [5.74, 6) is 0.790. The highest BCUT2D eigenvalue weighted by Gasteiger charge is 2.20. The molecule has 1 aromatic rings. The van der Waals surface area contributed by atoms with Gasteiger partial charge in [0.25, 0.3) is 0 Å². The maximum atomic E-state index is 9.03. The molecule has 1 atom stereocenters. The molecule has 4 nitrogen and oxygen atoms in total. The molecule has 84 valence electrons. The first-order valence-electron chi connectivity index (χ1n) is 5.61. The van der Waals surface area contributed by atoms with Gasteiger partial charge in [-0.15, -0.1) is 0 Å². The first-order chi connectivity index (χ1) is 7.83. The summed E-state index contributed by atoms with van der Waals surface area (Å²) >= 11 is 0. The third-order valence-corrected chi connectivity index (χ3v) is 3.06. The summed E-state index contributed by atoms with van der Waals surface area (Å²) in [6.07, 6.45) is 4.08. The highest BCUT2D eigenvalue weighted by molar-refractivity contribution is 5.53. The summed E-state index contributed by atoms with van der Waals surface area (Å²) in [6, 6.07) is 6.25. The summed E-state index contributed by atoms with van der Waals surface area (Å²) in [6.45, 7) is 2.07. The minimum Gasteiger partial charge on any atom is -0.354 e. The number of nitrogens with zero attached hydrogens (tertiary/aromatic N) is 3. The Morgan fingerprint density at radius 1 is 1.62 bits per heavy atom. The van der Waals surface area contributed by atoms with Crippen molar-refractivity contribution in [3.63, 3.8) is 0 Å². The predicted molar refractivity (Wildman–Crippen MR) is 63.2 cm³/mol. The Kier molecular flexibility index (Phi) is 3.37. The molecule has 1 N–H and O–H groups in total. The van der Waals surface area contributed by atoms with Gasteiger partial charge >= 0.3 is 0 Å². The number of rotatable bonds is 2. The van der Waals surface area contributed by atoms with Crippen LogP contribution in [0.2, 0.25) is 0 Å². The number of likely N-dealkylation sites (N-methyl/N-ethyl adjacent to an activating group) is 1. The standard InChI is InChI=1S/C12H16N4/c1-16(11-5-3-6-14-9-11)12-10(8-13)4-2-7-15-12/h2,4,7,11,14H,3,5-6,9H2,1H3/t11-/m0/s1. The molecule has 1 aliphatic rings. The highest BCUT2D eigenvalue weighted by atomic mass is 15.2. The van der Waals surface area contributed by atoms with E-state index in [1.54, 1.807) is 12.3 Å². The van der Waals surface area contributed by atoms with Crippen LogP contribution in [0.3, 0.4) is 0 Å². The fourth-order valence-corrected chi connectivity index (χ4v) is 2.10. The van der Waals surface area contributed by atoms with Gasteiger partial charge in [0, 0.05) is 25.8 Å². The van der Waals surface area contributed by atoms with E-state index in [2.05, 4.69) is 21.3 Å². The van der Waals surface area contributed by atoms with Gasteiger partial charge in [-0.05, 0) is 31.5 Å². The van der Waals surface area contributed by atoms with Crippen LogP contribution in [-0.2, 0) is 0 Å². The lowest BCUT2D eigenvalue weighted by Crippen LogP contribution is -2.44. The zero-order chi connectivity index (χ0) is 11.4. The van der Waals surface area contributed by atoms with Gasteiger partial charge in [0.05, 0.1) is 5.56 Å². The van der Waals surface area contributed by atoms with Gasteiger partial charge in [0.1, 0.15) is 11.9 Å². The van der Waals surface area contributed by atoms with Crippen LogP contribution in [0.5, 0.6) is 0 Å². The van der Waals surface area contributed by atoms with E-state index in [-0.39, 0.29) is 0 Å². The summed E-state index contributed by atoms with van der Waals surface area (Å²) in [5, 5.41) is 12.4. The van der Waals surface area contributed by atoms with Crippen molar-refractivity contribution in [2.75, 3.05) is 25.0 Å². The van der Waals surface area contributed by atoms with Crippen molar-refractivity contribution in [2.24, 2.45) is 0 Å². The Labute approximate surface area is 95.9 Å². The summed E-state index contributed by atoms with van der Waals surface area (Å²) in [4.78, 5) is 6.42. The lowest BCUT2D eigenvalue weighted by atomic mass is 10.1. The van der Waals surface area contributed by atoms with E-state index in [1.807, 2.05) is 13.1 Å². The van der Waals surface area contributed by atoms with E-state index < -0.39 is 0 Å². The maximum Gasteiger partial charge on any atom is 0.146 e. The van der Waals surface area contributed by atoms with E-state index >= 15 is 0 Å². The number of anilines is 1. The van der Waals surface area contributed by atoms with Crippen molar-refractivity contribution in [2.45, 2.75) is 18.9 Å². The second-order valence-electron chi connectivity index (χ2n) is 4.10. The van der Waals surface area contributed by atoms with Crippen LogP contribution in [0.15, 0.2) is 18.3 Å². The summed E-state index contributed by atoms with van der Waals surface area (Å²) in [7, 11) is 2.01. The zero-order valence-electron chi connectivity index (χ0n) is 9.48. The lowest BCUT2D eigenvalue weighted by Gasteiger charge is -2.32. The van der Waals surface area contributed by atoms with Crippen LogP contribution in [-0.4, -0.2) is 31.2 Å². The van der Waals surface area contributed by atoms with E-state index in [9.17, 15) is 0 Å². The van der Waals surface area contributed by atoms with Gasteiger partial charge in [-0.3, -0.25) is 0 Å². The lowest BCUT2D eigenvalue weighted by molar-refractivity contribution is 0.443. The highest BCUT2D eigenvalue weighted by Crippen LogP contribution is 2.19. The van der Waals surface area contributed by atoms with E-state index in [0.717, 1.165) is 25.3 Å². The van der Waals surface area contributed by atoms with Gasteiger partial charge < -0.3 is 10.2 Å². The van der Waals surface area contributed by atoms with Crippen LogP contribution < -0.4 is 10.2 Å². The Morgan fingerprint density at radius 3 is 3.19 bits per heavy atom. The molecule has 1 aromatic heterocycles. The first kappa shape index (κ1) is 10.9. The molecule has 0 amide bonds. The molecule has 1 saturated heterocycles. The number of pyridine rings is 1. The molecule has 0 unspecified atom stereocenters. The monoisotopic (exact) mass is 216 g/mol. The average molecular weight is 216 g/mol. The molecular weight excluding hydrogens is 200 g/mol. The van der Waals surface area contributed by atoms with Crippen molar-refractivity contribution >= 4 is 5.82 Å². The number of nitrogens with one attached hydrogen (secondary N) is 1. The minimum atomic E-state index is 0.441.